The second kappa shape index (κ2) is 6.57. The Morgan fingerprint density at radius 1 is 1.47 bits per heavy atom. The van der Waals surface area contributed by atoms with Crippen molar-refractivity contribution in [2.45, 2.75) is 19.4 Å². The number of rotatable bonds is 6. The molecule has 0 aromatic heterocycles. The second-order valence-corrected chi connectivity index (χ2v) is 4.30. The lowest BCUT2D eigenvalue weighted by Crippen LogP contribution is -2.23. The molecule has 0 radical (unpaired) electrons. The summed E-state index contributed by atoms with van der Waals surface area (Å²) in [6.45, 7) is 2.70. The third-order valence-electron chi connectivity index (χ3n) is 2.96. The monoisotopic (exact) mass is 240 g/mol. The highest BCUT2D eigenvalue weighted by molar-refractivity contribution is 5.36. The van der Waals surface area contributed by atoms with Crippen LogP contribution in [0.1, 0.15) is 24.9 Å². The van der Waals surface area contributed by atoms with Gasteiger partial charge in [-0.15, -0.1) is 0 Å². The van der Waals surface area contributed by atoms with E-state index in [1.54, 1.807) is 13.2 Å². The molecule has 0 bridgehead atoms. The lowest BCUT2D eigenvalue weighted by atomic mass is 9.95. The largest absolute Gasteiger partial charge is 0.496 e. The zero-order valence-electron chi connectivity index (χ0n) is 10.7. The molecule has 4 heteroatoms. The van der Waals surface area contributed by atoms with E-state index in [-0.39, 0.29) is 11.9 Å². The first-order valence-corrected chi connectivity index (χ1v) is 5.83. The van der Waals surface area contributed by atoms with Crippen LogP contribution in [0.15, 0.2) is 18.2 Å². The van der Waals surface area contributed by atoms with E-state index in [1.807, 2.05) is 7.05 Å². The van der Waals surface area contributed by atoms with Crippen molar-refractivity contribution in [3.8, 4) is 5.75 Å². The summed E-state index contributed by atoms with van der Waals surface area (Å²) < 4.78 is 18.6. The molecule has 1 aromatic rings. The SMILES string of the molecule is CNC(CC(C)CN)c1cc(F)ccc1OC. The summed E-state index contributed by atoms with van der Waals surface area (Å²) in [6.07, 6.45) is 0.854. The second-order valence-electron chi connectivity index (χ2n) is 4.30. The first-order valence-electron chi connectivity index (χ1n) is 5.83. The Bertz CT molecular complexity index is 357. The van der Waals surface area contributed by atoms with Crippen LogP contribution in [0, 0.1) is 11.7 Å². The summed E-state index contributed by atoms with van der Waals surface area (Å²) >= 11 is 0. The summed E-state index contributed by atoms with van der Waals surface area (Å²) in [6, 6.07) is 4.63. The van der Waals surface area contributed by atoms with Gasteiger partial charge in [0.05, 0.1) is 7.11 Å². The molecule has 0 saturated heterocycles. The van der Waals surface area contributed by atoms with Crippen LogP contribution >= 0.6 is 0 Å². The van der Waals surface area contributed by atoms with Gasteiger partial charge >= 0.3 is 0 Å². The highest BCUT2D eigenvalue weighted by Gasteiger charge is 2.17. The van der Waals surface area contributed by atoms with E-state index in [1.165, 1.54) is 12.1 Å². The Morgan fingerprint density at radius 2 is 2.18 bits per heavy atom. The number of methoxy groups -OCH3 is 1. The Hall–Kier alpha value is -1.13. The number of halogens is 1. The van der Waals surface area contributed by atoms with Gasteiger partial charge in [-0.05, 0) is 44.1 Å². The maximum atomic E-state index is 13.3. The number of benzene rings is 1. The van der Waals surface area contributed by atoms with Crippen molar-refractivity contribution in [2.24, 2.45) is 11.7 Å². The van der Waals surface area contributed by atoms with E-state index < -0.39 is 0 Å². The first kappa shape index (κ1) is 13.9. The molecular weight excluding hydrogens is 219 g/mol. The zero-order chi connectivity index (χ0) is 12.8. The minimum absolute atomic E-state index is 0.0548. The Morgan fingerprint density at radius 3 is 2.71 bits per heavy atom. The van der Waals surface area contributed by atoms with E-state index in [9.17, 15) is 4.39 Å². The minimum Gasteiger partial charge on any atom is -0.496 e. The fourth-order valence-corrected chi connectivity index (χ4v) is 1.88. The number of hydrogen-bond donors (Lipinski definition) is 2. The molecule has 1 rings (SSSR count). The predicted molar refractivity (Wildman–Crippen MR) is 67.6 cm³/mol. The van der Waals surface area contributed by atoms with Crippen LogP contribution < -0.4 is 15.8 Å². The molecule has 0 aliphatic carbocycles. The average Bonchev–Trinajstić information content (AvgIpc) is 2.35. The number of nitrogens with two attached hydrogens (primary N) is 1. The third-order valence-corrected chi connectivity index (χ3v) is 2.96. The number of nitrogens with one attached hydrogen (secondary N) is 1. The molecule has 3 nitrogen and oxygen atoms in total. The van der Waals surface area contributed by atoms with E-state index in [4.69, 9.17) is 10.5 Å². The summed E-state index contributed by atoms with van der Waals surface area (Å²) in [5.41, 5.74) is 6.46. The van der Waals surface area contributed by atoms with Gasteiger partial charge in [-0.1, -0.05) is 6.92 Å². The molecule has 0 aliphatic heterocycles. The number of hydrogen-bond acceptors (Lipinski definition) is 3. The summed E-state index contributed by atoms with van der Waals surface area (Å²) in [5.74, 6) is 0.830. The van der Waals surface area contributed by atoms with Gasteiger partial charge in [-0.2, -0.15) is 0 Å². The lowest BCUT2D eigenvalue weighted by Gasteiger charge is -2.22. The van der Waals surface area contributed by atoms with Gasteiger partial charge in [0.25, 0.3) is 0 Å². The molecule has 3 N–H and O–H groups in total. The Kier molecular flexibility index (Phi) is 5.38. The van der Waals surface area contributed by atoms with Crippen LogP contribution in [0.3, 0.4) is 0 Å². The third kappa shape index (κ3) is 3.68. The molecule has 0 aliphatic rings. The molecule has 1 aromatic carbocycles. The van der Waals surface area contributed by atoms with E-state index in [0.29, 0.717) is 18.2 Å². The van der Waals surface area contributed by atoms with Crippen molar-refractivity contribution in [1.82, 2.24) is 5.32 Å². The quantitative estimate of drug-likeness (QED) is 0.800. The van der Waals surface area contributed by atoms with Crippen molar-refractivity contribution >= 4 is 0 Å². The average molecular weight is 240 g/mol. The van der Waals surface area contributed by atoms with E-state index >= 15 is 0 Å². The highest BCUT2D eigenvalue weighted by Crippen LogP contribution is 2.29. The molecule has 17 heavy (non-hydrogen) atoms. The van der Waals surface area contributed by atoms with Gasteiger partial charge in [0, 0.05) is 11.6 Å². The predicted octanol–water partition coefficient (Wildman–Crippen LogP) is 2.08. The van der Waals surface area contributed by atoms with Gasteiger partial charge in [0.2, 0.25) is 0 Å². The van der Waals surface area contributed by atoms with Crippen LogP contribution in [-0.2, 0) is 0 Å². The zero-order valence-corrected chi connectivity index (χ0v) is 10.7. The van der Waals surface area contributed by atoms with Gasteiger partial charge in [0.1, 0.15) is 11.6 Å². The molecule has 0 amide bonds. The van der Waals surface area contributed by atoms with Crippen LogP contribution in [0.25, 0.3) is 0 Å². The maximum absolute atomic E-state index is 13.3. The number of ether oxygens (including phenoxy) is 1. The smallest absolute Gasteiger partial charge is 0.123 e. The van der Waals surface area contributed by atoms with E-state index in [2.05, 4.69) is 12.2 Å². The van der Waals surface area contributed by atoms with E-state index in [0.717, 1.165) is 12.0 Å². The summed E-state index contributed by atoms with van der Waals surface area (Å²) in [4.78, 5) is 0. The molecule has 0 heterocycles. The normalized spacial score (nSPS) is 14.4. The Balaban J connectivity index is 2.97. The molecule has 2 atom stereocenters. The summed E-state index contributed by atoms with van der Waals surface area (Å²) in [5, 5.41) is 3.18. The Labute approximate surface area is 102 Å². The fraction of sp³-hybridized carbons (Fsp3) is 0.538. The first-order chi connectivity index (χ1) is 8.12. The van der Waals surface area contributed by atoms with Crippen molar-refractivity contribution in [3.05, 3.63) is 29.6 Å². The van der Waals surface area contributed by atoms with Gasteiger partial charge < -0.3 is 15.8 Å². The van der Waals surface area contributed by atoms with Gasteiger partial charge in [-0.25, -0.2) is 4.39 Å². The van der Waals surface area contributed by atoms with Crippen molar-refractivity contribution < 1.29 is 9.13 Å². The highest BCUT2D eigenvalue weighted by atomic mass is 19.1. The molecule has 2 unspecified atom stereocenters. The van der Waals surface area contributed by atoms with Gasteiger partial charge in [-0.3, -0.25) is 0 Å². The summed E-state index contributed by atoms with van der Waals surface area (Å²) in [7, 11) is 3.45. The van der Waals surface area contributed by atoms with Crippen LogP contribution in [-0.4, -0.2) is 20.7 Å². The van der Waals surface area contributed by atoms with Crippen LogP contribution in [0.5, 0.6) is 5.75 Å². The van der Waals surface area contributed by atoms with Crippen molar-refractivity contribution in [2.75, 3.05) is 20.7 Å². The molecule has 96 valence electrons. The van der Waals surface area contributed by atoms with Crippen molar-refractivity contribution in [1.29, 1.82) is 0 Å². The van der Waals surface area contributed by atoms with Crippen molar-refractivity contribution in [3.63, 3.8) is 0 Å². The molecular formula is C13H21FN2O. The topological polar surface area (TPSA) is 47.3 Å². The molecule has 0 fully saturated rings. The standard InChI is InChI=1S/C13H21FN2O/c1-9(8-15)6-12(16-2)11-7-10(14)4-5-13(11)17-3/h4-5,7,9,12,16H,6,8,15H2,1-3H3. The maximum Gasteiger partial charge on any atom is 0.123 e. The van der Waals surface area contributed by atoms with Crippen LogP contribution in [0.2, 0.25) is 0 Å². The fourth-order valence-electron chi connectivity index (χ4n) is 1.88. The minimum atomic E-state index is -0.249. The van der Waals surface area contributed by atoms with Crippen LogP contribution in [0.4, 0.5) is 4.39 Å². The molecule has 0 spiro atoms. The van der Waals surface area contributed by atoms with Gasteiger partial charge in [0.15, 0.2) is 0 Å². The molecule has 0 saturated carbocycles. The lowest BCUT2D eigenvalue weighted by molar-refractivity contribution is 0.383.